The Labute approximate surface area is 135 Å². The summed E-state index contributed by atoms with van der Waals surface area (Å²) in [5.41, 5.74) is 2.66. The van der Waals surface area contributed by atoms with Crippen molar-refractivity contribution in [2.45, 2.75) is 12.5 Å². The summed E-state index contributed by atoms with van der Waals surface area (Å²) in [6, 6.07) is 8.84. The van der Waals surface area contributed by atoms with Crippen LogP contribution in [0.25, 0.3) is 0 Å². The normalized spacial score (nSPS) is 17.8. The summed E-state index contributed by atoms with van der Waals surface area (Å²) in [7, 11) is 3.38. The standard InChI is InChI=1S/C18H21NO2S/c1-4-8-19-9-7-13-11-15(20-2)16(21-3)12-14(13)18(19)17-6-5-10-22-17/h4-6,10-12,18H,1,7-9H2,2-3H3. The van der Waals surface area contributed by atoms with Gasteiger partial charge >= 0.3 is 0 Å². The molecular formula is C18H21NO2S. The Morgan fingerprint density at radius 1 is 1.32 bits per heavy atom. The fourth-order valence-electron chi connectivity index (χ4n) is 3.14. The van der Waals surface area contributed by atoms with Crippen molar-refractivity contribution in [2.24, 2.45) is 0 Å². The van der Waals surface area contributed by atoms with Crippen molar-refractivity contribution in [3.8, 4) is 11.5 Å². The number of benzene rings is 1. The van der Waals surface area contributed by atoms with E-state index in [1.807, 2.05) is 6.08 Å². The molecule has 0 aliphatic carbocycles. The largest absolute Gasteiger partial charge is 0.493 e. The average molecular weight is 315 g/mol. The molecule has 0 radical (unpaired) electrons. The molecule has 0 fully saturated rings. The lowest BCUT2D eigenvalue weighted by molar-refractivity contribution is 0.238. The minimum Gasteiger partial charge on any atom is -0.493 e. The van der Waals surface area contributed by atoms with Crippen molar-refractivity contribution in [2.75, 3.05) is 27.3 Å². The molecule has 0 N–H and O–H groups in total. The monoisotopic (exact) mass is 315 g/mol. The van der Waals surface area contributed by atoms with Crippen LogP contribution in [0.3, 0.4) is 0 Å². The van der Waals surface area contributed by atoms with E-state index < -0.39 is 0 Å². The van der Waals surface area contributed by atoms with Crippen molar-refractivity contribution in [1.82, 2.24) is 4.90 Å². The van der Waals surface area contributed by atoms with Crippen LogP contribution < -0.4 is 9.47 Å². The molecule has 2 aromatic rings. The molecule has 0 saturated heterocycles. The van der Waals surface area contributed by atoms with E-state index in [0.29, 0.717) is 0 Å². The van der Waals surface area contributed by atoms with Crippen LogP contribution in [-0.2, 0) is 6.42 Å². The number of nitrogens with zero attached hydrogens (tertiary/aromatic N) is 1. The van der Waals surface area contributed by atoms with E-state index in [1.165, 1.54) is 16.0 Å². The fraction of sp³-hybridized carbons (Fsp3) is 0.333. The van der Waals surface area contributed by atoms with Crippen molar-refractivity contribution >= 4 is 11.3 Å². The summed E-state index contributed by atoms with van der Waals surface area (Å²) in [4.78, 5) is 3.82. The first kappa shape index (κ1) is 15.1. The van der Waals surface area contributed by atoms with E-state index >= 15 is 0 Å². The molecule has 0 saturated carbocycles. The van der Waals surface area contributed by atoms with Gasteiger partial charge in [-0.25, -0.2) is 0 Å². The highest BCUT2D eigenvalue weighted by Crippen LogP contribution is 2.41. The van der Waals surface area contributed by atoms with Crippen LogP contribution in [0.15, 0.2) is 42.3 Å². The van der Waals surface area contributed by atoms with Crippen LogP contribution in [0.4, 0.5) is 0 Å². The predicted octanol–water partition coefficient (Wildman–Crippen LogP) is 3.90. The van der Waals surface area contributed by atoms with E-state index in [4.69, 9.17) is 9.47 Å². The maximum atomic E-state index is 5.50. The zero-order chi connectivity index (χ0) is 15.5. The zero-order valence-corrected chi connectivity index (χ0v) is 13.9. The first-order valence-electron chi connectivity index (χ1n) is 7.41. The van der Waals surface area contributed by atoms with Gasteiger partial charge in [0, 0.05) is 18.0 Å². The van der Waals surface area contributed by atoms with E-state index in [2.05, 4.69) is 41.1 Å². The predicted molar refractivity (Wildman–Crippen MR) is 91.2 cm³/mol. The van der Waals surface area contributed by atoms with Crippen LogP contribution in [0.1, 0.15) is 22.0 Å². The summed E-state index contributed by atoms with van der Waals surface area (Å²) in [5, 5.41) is 2.14. The van der Waals surface area contributed by atoms with Gasteiger partial charge < -0.3 is 9.47 Å². The first-order chi connectivity index (χ1) is 10.8. The van der Waals surface area contributed by atoms with E-state index in [-0.39, 0.29) is 6.04 Å². The molecule has 0 spiro atoms. The minimum absolute atomic E-state index is 0.265. The Balaban J connectivity index is 2.11. The highest BCUT2D eigenvalue weighted by molar-refractivity contribution is 7.10. The Bertz CT molecular complexity index is 651. The summed E-state index contributed by atoms with van der Waals surface area (Å²) in [5.74, 6) is 1.60. The number of fused-ring (bicyclic) bond motifs is 1. The number of thiophene rings is 1. The van der Waals surface area contributed by atoms with E-state index in [9.17, 15) is 0 Å². The molecule has 116 valence electrons. The Hall–Kier alpha value is -1.78. The molecule has 1 unspecified atom stereocenters. The van der Waals surface area contributed by atoms with Gasteiger partial charge in [-0.05, 0) is 41.1 Å². The van der Waals surface area contributed by atoms with E-state index in [1.54, 1.807) is 25.6 Å². The van der Waals surface area contributed by atoms with Gasteiger partial charge in [-0.15, -0.1) is 17.9 Å². The number of methoxy groups -OCH3 is 2. The van der Waals surface area contributed by atoms with Gasteiger partial charge in [0.25, 0.3) is 0 Å². The minimum atomic E-state index is 0.265. The van der Waals surface area contributed by atoms with E-state index in [0.717, 1.165) is 31.0 Å². The lowest BCUT2D eigenvalue weighted by Crippen LogP contribution is -2.35. The summed E-state index contributed by atoms with van der Waals surface area (Å²) in [6.45, 7) is 5.81. The van der Waals surface area contributed by atoms with Crippen LogP contribution in [0, 0.1) is 0 Å². The molecule has 0 bridgehead atoms. The Morgan fingerprint density at radius 3 is 2.73 bits per heavy atom. The van der Waals surface area contributed by atoms with Gasteiger partial charge in [0.05, 0.1) is 20.3 Å². The summed E-state index contributed by atoms with van der Waals surface area (Å²) < 4.78 is 11.0. The molecule has 3 rings (SSSR count). The van der Waals surface area contributed by atoms with Crippen LogP contribution >= 0.6 is 11.3 Å². The number of hydrogen-bond acceptors (Lipinski definition) is 4. The average Bonchev–Trinajstić information content (AvgIpc) is 3.07. The van der Waals surface area contributed by atoms with Crippen molar-refractivity contribution in [3.05, 3.63) is 58.3 Å². The second-order valence-corrected chi connectivity index (χ2v) is 6.34. The van der Waals surface area contributed by atoms with Crippen LogP contribution in [-0.4, -0.2) is 32.2 Å². The lowest BCUT2D eigenvalue weighted by atomic mass is 9.91. The van der Waals surface area contributed by atoms with Gasteiger partial charge in [-0.1, -0.05) is 12.1 Å². The van der Waals surface area contributed by atoms with Gasteiger partial charge in [0.2, 0.25) is 0 Å². The zero-order valence-electron chi connectivity index (χ0n) is 13.0. The van der Waals surface area contributed by atoms with Gasteiger partial charge in [-0.3, -0.25) is 4.90 Å². The van der Waals surface area contributed by atoms with Crippen LogP contribution in [0.2, 0.25) is 0 Å². The molecule has 3 nitrogen and oxygen atoms in total. The molecule has 1 atom stereocenters. The second-order valence-electron chi connectivity index (χ2n) is 5.36. The molecule has 22 heavy (non-hydrogen) atoms. The van der Waals surface area contributed by atoms with Crippen molar-refractivity contribution < 1.29 is 9.47 Å². The quantitative estimate of drug-likeness (QED) is 0.781. The lowest BCUT2D eigenvalue weighted by Gasteiger charge is -2.36. The SMILES string of the molecule is C=CCN1CCc2cc(OC)c(OC)cc2C1c1cccs1. The van der Waals surface area contributed by atoms with Gasteiger partial charge in [-0.2, -0.15) is 0 Å². The molecular weight excluding hydrogens is 294 g/mol. The second kappa shape index (κ2) is 6.55. The van der Waals surface area contributed by atoms with Crippen molar-refractivity contribution in [3.63, 3.8) is 0 Å². The fourth-order valence-corrected chi connectivity index (χ4v) is 4.02. The molecule has 4 heteroatoms. The highest BCUT2D eigenvalue weighted by atomic mass is 32.1. The third-order valence-corrected chi connectivity index (χ3v) is 5.07. The molecule has 1 aliphatic rings. The maximum Gasteiger partial charge on any atom is 0.161 e. The third kappa shape index (κ3) is 2.64. The molecule has 0 amide bonds. The smallest absolute Gasteiger partial charge is 0.161 e. The number of ether oxygens (including phenoxy) is 2. The summed E-state index contributed by atoms with van der Waals surface area (Å²) in [6.07, 6.45) is 3.00. The Morgan fingerprint density at radius 2 is 2.09 bits per heavy atom. The molecule has 1 aromatic carbocycles. The summed E-state index contributed by atoms with van der Waals surface area (Å²) >= 11 is 1.80. The third-order valence-electron chi connectivity index (χ3n) is 4.15. The van der Waals surface area contributed by atoms with Crippen molar-refractivity contribution in [1.29, 1.82) is 0 Å². The van der Waals surface area contributed by atoms with Gasteiger partial charge in [0.1, 0.15) is 0 Å². The van der Waals surface area contributed by atoms with Crippen LogP contribution in [0.5, 0.6) is 11.5 Å². The topological polar surface area (TPSA) is 21.7 Å². The Kier molecular flexibility index (Phi) is 4.50. The van der Waals surface area contributed by atoms with Gasteiger partial charge in [0.15, 0.2) is 11.5 Å². The molecule has 1 aliphatic heterocycles. The highest BCUT2D eigenvalue weighted by Gasteiger charge is 2.30. The first-order valence-corrected chi connectivity index (χ1v) is 8.29. The number of hydrogen-bond donors (Lipinski definition) is 0. The maximum absolute atomic E-state index is 5.50. The molecule has 1 aromatic heterocycles. The molecule has 2 heterocycles. The number of rotatable bonds is 5.